The molecule has 0 aliphatic carbocycles. The van der Waals surface area contributed by atoms with Gasteiger partial charge in [0.15, 0.2) is 23.0 Å². The highest BCUT2D eigenvalue weighted by Crippen LogP contribution is 2.41. The van der Waals surface area contributed by atoms with Crippen molar-refractivity contribution in [2.24, 2.45) is 0 Å². The second kappa shape index (κ2) is 22.2. The van der Waals surface area contributed by atoms with Gasteiger partial charge in [0.05, 0.1) is 74.0 Å². The monoisotopic (exact) mass is 998 g/mol. The van der Waals surface area contributed by atoms with E-state index in [1.54, 1.807) is 112 Å². The number of hydrogen-bond donors (Lipinski definition) is 0. The summed E-state index contributed by atoms with van der Waals surface area (Å²) in [4.78, 5) is 31.2. The molecule has 0 saturated heterocycles. The molecule has 72 heavy (non-hydrogen) atoms. The average molecular weight is 999 g/mol. The summed E-state index contributed by atoms with van der Waals surface area (Å²) in [7, 11) is 6.88. The van der Waals surface area contributed by atoms with Gasteiger partial charge in [-0.3, -0.25) is 34.4 Å². The molecule has 20 heteroatoms. The van der Waals surface area contributed by atoms with E-state index in [0.717, 1.165) is 0 Å². The first kappa shape index (κ1) is 49.5. The van der Waals surface area contributed by atoms with Crippen LogP contribution in [0.25, 0.3) is 21.8 Å². The second-order valence-electron chi connectivity index (χ2n) is 15.5. The summed E-state index contributed by atoms with van der Waals surface area (Å²) >= 11 is 0. The van der Waals surface area contributed by atoms with Gasteiger partial charge in [0.25, 0.3) is 0 Å². The molecular weight excluding hydrogens is 953 g/mol. The number of pyridine rings is 2. The van der Waals surface area contributed by atoms with Gasteiger partial charge in [0, 0.05) is 70.4 Å². The Morgan fingerprint density at radius 3 is 1.14 bits per heavy atom. The van der Waals surface area contributed by atoms with Crippen LogP contribution in [0.3, 0.4) is 0 Å². The molecule has 0 bridgehead atoms. The van der Waals surface area contributed by atoms with Crippen LogP contribution in [0.4, 0.5) is 11.4 Å². The molecule has 0 N–H and O–H groups in total. The molecule has 0 aliphatic heterocycles. The molecule has 2 unspecified atom stereocenters. The molecule has 0 radical (unpaired) electrons. The van der Waals surface area contributed by atoms with Crippen molar-refractivity contribution < 1.29 is 61.4 Å². The Kier molecular flexibility index (Phi) is 15.3. The van der Waals surface area contributed by atoms with Crippen LogP contribution in [0.15, 0.2) is 134 Å². The number of fused-ring (bicyclic) bond motifs is 2. The van der Waals surface area contributed by atoms with Crippen molar-refractivity contribution in [3.8, 4) is 69.0 Å². The minimum atomic E-state index is -1.90. The van der Waals surface area contributed by atoms with Crippen molar-refractivity contribution >= 4 is 44.0 Å². The molecule has 0 fully saturated rings. The van der Waals surface area contributed by atoms with E-state index in [-0.39, 0.29) is 47.6 Å². The number of hydrogen-bond acceptors (Lipinski definition) is 17. The van der Waals surface area contributed by atoms with E-state index in [0.29, 0.717) is 78.9 Å². The Balaban J connectivity index is 1.15. The maximum Gasteiger partial charge on any atom is 0.311 e. The summed E-state index contributed by atoms with van der Waals surface area (Å²) in [5, 5.41) is 23.0. The number of nitro benzene ring substituents is 2. The maximum absolute atomic E-state index is 15.5. The topological polar surface area (TPSA) is 221 Å². The van der Waals surface area contributed by atoms with Crippen LogP contribution in [-0.4, -0.2) is 79.9 Å². The van der Waals surface area contributed by atoms with Crippen LogP contribution in [0.5, 0.6) is 69.0 Å². The molecule has 0 aliphatic rings. The summed E-state index contributed by atoms with van der Waals surface area (Å²) in [5.74, 6) is 4.30. The smallest absolute Gasteiger partial charge is 0.311 e. The zero-order chi connectivity index (χ0) is 50.9. The average Bonchev–Trinajstić information content (AvgIpc) is 3.40. The lowest BCUT2D eigenvalue weighted by Crippen LogP contribution is -2.24. The SMILES string of the molecule is COc1cc2nccc(Oc3ccc(C(COc4ccc([N+](=O)[O-])c(OC)c4)S(=O)C(COc4ccc([N+](=O)[O-])c(OC)c4)c4ccc(Oc5ccnc6cc(OC)c(OC)cc56)cc4)cc3)c2cc1OC. The highest BCUT2D eigenvalue weighted by atomic mass is 32.2. The fraction of sp³-hybridized carbons (Fsp3) is 0.192. The zero-order valence-electron chi connectivity index (χ0n) is 39.6. The number of methoxy groups -OCH3 is 6. The van der Waals surface area contributed by atoms with E-state index in [4.69, 9.17) is 47.4 Å². The predicted octanol–water partition coefficient (Wildman–Crippen LogP) is 10.9. The summed E-state index contributed by atoms with van der Waals surface area (Å²) < 4.78 is 73.4. The fourth-order valence-corrected chi connectivity index (χ4v) is 9.41. The van der Waals surface area contributed by atoms with Gasteiger partial charge in [0.1, 0.15) is 47.7 Å². The van der Waals surface area contributed by atoms with E-state index in [1.807, 2.05) is 0 Å². The first-order chi connectivity index (χ1) is 34.9. The molecule has 8 aromatic rings. The molecule has 370 valence electrons. The van der Waals surface area contributed by atoms with Crippen molar-refractivity contribution in [1.82, 2.24) is 9.97 Å². The van der Waals surface area contributed by atoms with Crippen molar-refractivity contribution in [3.63, 3.8) is 0 Å². The molecule has 19 nitrogen and oxygen atoms in total. The second-order valence-corrected chi connectivity index (χ2v) is 17.3. The van der Waals surface area contributed by atoms with Gasteiger partial charge in [-0.25, -0.2) is 0 Å². The number of benzene rings is 6. The number of nitro groups is 2. The van der Waals surface area contributed by atoms with E-state index < -0.39 is 31.1 Å². The van der Waals surface area contributed by atoms with E-state index in [9.17, 15) is 20.2 Å². The third kappa shape index (κ3) is 10.8. The van der Waals surface area contributed by atoms with Crippen LogP contribution in [-0.2, 0) is 10.8 Å². The Labute approximate surface area is 414 Å². The number of nitrogens with zero attached hydrogens (tertiary/aromatic N) is 4. The van der Waals surface area contributed by atoms with Gasteiger partial charge in [-0.2, -0.15) is 0 Å². The lowest BCUT2D eigenvalue weighted by Gasteiger charge is -2.25. The van der Waals surface area contributed by atoms with Gasteiger partial charge in [0.2, 0.25) is 11.5 Å². The first-order valence-electron chi connectivity index (χ1n) is 21.8. The molecule has 2 atom stereocenters. The van der Waals surface area contributed by atoms with E-state index in [1.165, 1.54) is 64.8 Å². The summed E-state index contributed by atoms with van der Waals surface area (Å²) in [6.45, 7) is -0.367. The van der Waals surface area contributed by atoms with Crippen LogP contribution < -0.4 is 47.4 Å². The predicted molar refractivity (Wildman–Crippen MR) is 267 cm³/mol. The minimum absolute atomic E-state index is 0.0258. The van der Waals surface area contributed by atoms with Crippen molar-refractivity contribution in [2.45, 2.75) is 10.5 Å². The molecular formula is C52H46N4O15S. The zero-order valence-corrected chi connectivity index (χ0v) is 40.4. The quantitative estimate of drug-likeness (QED) is 0.0455. The van der Waals surface area contributed by atoms with Crippen molar-refractivity contribution in [2.75, 3.05) is 55.9 Å². The lowest BCUT2D eigenvalue weighted by atomic mass is 10.1. The summed E-state index contributed by atoms with van der Waals surface area (Å²) in [6, 6.07) is 32.7. The Morgan fingerprint density at radius 1 is 0.444 bits per heavy atom. The van der Waals surface area contributed by atoms with Crippen LogP contribution in [0.2, 0.25) is 0 Å². The van der Waals surface area contributed by atoms with Crippen LogP contribution >= 0.6 is 0 Å². The lowest BCUT2D eigenvalue weighted by molar-refractivity contribution is -0.385. The van der Waals surface area contributed by atoms with Gasteiger partial charge in [-0.1, -0.05) is 24.3 Å². The van der Waals surface area contributed by atoms with E-state index >= 15 is 4.21 Å². The van der Waals surface area contributed by atoms with Gasteiger partial charge in [-0.05, 0) is 71.8 Å². The van der Waals surface area contributed by atoms with E-state index in [2.05, 4.69) is 9.97 Å². The largest absolute Gasteiger partial charge is 0.493 e. The molecule has 8 rings (SSSR count). The fourth-order valence-electron chi connectivity index (χ4n) is 7.76. The summed E-state index contributed by atoms with van der Waals surface area (Å²) in [6.07, 6.45) is 3.23. The first-order valence-corrected chi connectivity index (χ1v) is 23.1. The third-order valence-electron chi connectivity index (χ3n) is 11.4. The molecule has 0 spiro atoms. The molecule has 0 saturated carbocycles. The van der Waals surface area contributed by atoms with Crippen molar-refractivity contribution in [3.05, 3.63) is 165 Å². The maximum atomic E-state index is 15.5. The molecule has 2 aromatic heterocycles. The Morgan fingerprint density at radius 2 is 0.792 bits per heavy atom. The highest BCUT2D eigenvalue weighted by Gasteiger charge is 2.31. The van der Waals surface area contributed by atoms with Gasteiger partial charge < -0.3 is 47.4 Å². The van der Waals surface area contributed by atoms with Crippen molar-refractivity contribution in [1.29, 1.82) is 0 Å². The standard InChI is InChI=1S/C52H46N4O15S/c1-62-45-23-35(15-17-41(45)55(57)58)68-29-51(31-7-11-33(12-8-31)70-43-19-21-53-39-27-49(66-5)47(64-3)25-37(39)43)72(61)52(30-69-36-16-18-42(56(59)60)46(24-36)63-2)32-9-13-34(14-10-32)71-44-20-22-54-40-28-50(67-6)48(65-4)26-38(40)44/h7-28,51-52H,29-30H2,1-6H3. The summed E-state index contributed by atoms with van der Waals surface area (Å²) in [5.41, 5.74) is 1.88. The van der Waals surface area contributed by atoms with Crippen LogP contribution in [0, 0.1) is 20.2 Å². The normalized spacial score (nSPS) is 12.2. The van der Waals surface area contributed by atoms with Gasteiger partial charge in [-0.15, -0.1) is 0 Å². The molecule has 0 amide bonds. The number of aromatic nitrogens is 2. The number of rotatable bonds is 22. The third-order valence-corrected chi connectivity index (χ3v) is 13.4. The Hall–Kier alpha value is -8.91. The minimum Gasteiger partial charge on any atom is -0.493 e. The molecule has 6 aromatic carbocycles. The van der Waals surface area contributed by atoms with Gasteiger partial charge >= 0.3 is 11.4 Å². The molecule has 2 heterocycles. The Bertz CT molecular complexity index is 3070. The number of ether oxygens (including phenoxy) is 10. The van der Waals surface area contributed by atoms with Crippen LogP contribution in [0.1, 0.15) is 21.6 Å². The highest BCUT2D eigenvalue weighted by molar-refractivity contribution is 7.85.